The summed E-state index contributed by atoms with van der Waals surface area (Å²) in [5.41, 5.74) is 0. The maximum absolute atomic E-state index is 11.3. The number of carbonyl (C=O) groups is 2. The van der Waals surface area contributed by atoms with E-state index in [4.69, 9.17) is 5.11 Å². The lowest BCUT2D eigenvalue weighted by Gasteiger charge is -2.19. The van der Waals surface area contributed by atoms with Crippen molar-refractivity contribution in [3.8, 4) is 0 Å². The Morgan fingerprint density at radius 1 is 1.40 bits per heavy atom. The van der Waals surface area contributed by atoms with Gasteiger partial charge in [0.25, 0.3) is 0 Å². The summed E-state index contributed by atoms with van der Waals surface area (Å²) in [5.74, 6) is -1.17. The van der Waals surface area contributed by atoms with Crippen LogP contribution in [0.1, 0.15) is 13.3 Å². The summed E-state index contributed by atoms with van der Waals surface area (Å²) in [7, 11) is 3.27. The summed E-state index contributed by atoms with van der Waals surface area (Å²) in [6.07, 6.45) is -1.30. The van der Waals surface area contributed by atoms with Crippen LogP contribution in [-0.2, 0) is 9.59 Å². The number of hydrogen-bond donors (Lipinski definition) is 3. The van der Waals surface area contributed by atoms with Gasteiger partial charge in [-0.05, 0) is 6.92 Å². The number of carbonyl (C=O) groups excluding carboxylic acids is 1. The second kappa shape index (κ2) is 6.36. The zero-order chi connectivity index (χ0) is 12.0. The number of aliphatic hydroxyl groups excluding tert-OH is 1. The molecule has 0 aliphatic carbocycles. The second-order valence-corrected chi connectivity index (χ2v) is 3.61. The van der Waals surface area contributed by atoms with Gasteiger partial charge in [0.15, 0.2) is 0 Å². The summed E-state index contributed by atoms with van der Waals surface area (Å²) in [5, 5.41) is 20.4. The maximum Gasteiger partial charge on any atom is 0.306 e. The van der Waals surface area contributed by atoms with Crippen LogP contribution >= 0.6 is 0 Å². The molecular formula is C9H18N2O4. The van der Waals surface area contributed by atoms with Gasteiger partial charge in [-0.1, -0.05) is 0 Å². The number of rotatable bonds is 6. The SMILES string of the molecule is CC(NCC(O)CC(=O)O)C(=O)N(C)C. The van der Waals surface area contributed by atoms with Crippen molar-refractivity contribution in [1.82, 2.24) is 10.2 Å². The zero-order valence-corrected chi connectivity index (χ0v) is 9.23. The first-order valence-electron chi connectivity index (χ1n) is 4.69. The molecule has 0 bridgehead atoms. The van der Waals surface area contributed by atoms with Crippen LogP contribution in [0.4, 0.5) is 0 Å². The first-order valence-corrected chi connectivity index (χ1v) is 4.69. The first-order chi connectivity index (χ1) is 6.84. The summed E-state index contributed by atoms with van der Waals surface area (Å²) >= 11 is 0. The van der Waals surface area contributed by atoms with Gasteiger partial charge in [0.2, 0.25) is 5.91 Å². The molecule has 0 saturated heterocycles. The van der Waals surface area contributed by atoms with Crippen LogP contribution in [0.15, 0.2) is 0 Å². The molecule has 0 aromatic heterocycles. The largest absolute Gasteiger partial charge is 0.481 e. The molecule has 6 heteroatoms. The lowest BCUT2D eigenvalue weighted by Crippen LogP contribution is -2.44. The predicted molar refractivity (Wildman–Crippen MR) is 54.4 cm³/mol. The van der Waals surface area contributed by atoms with E-state index in [2.05, 4.69) is 5.32 Å². The molecule has 2 unspecified atom stereocenters. The third kappa shape index (κ3) is 6.03. The number of nitrogens with zero attached hydrogens (tertiary/aromatic N) is 1. The van der Waals surface area contributed by atoms with Crippen molar-refractivity contribution in [3.63, 3.8) is 0 Å². The topological polar surface area (TPSA) is 89.9 Å². The van der Waals surface area contributed by atoms with E-state index in [9.17, 15) is 14.7 Å². The Morgan fingerprint density at radius 2 is 1.93 bits per heavy atom. The van der Waals surface area contributed by atoms with Gasteiger partial charge in [0.05, 0.1) is 18.6 Å². The minimum atomic E-state index is -1.06. The van der Waals surface area contributed by atoms with Crippen molar-refractivity contribution >= 4 is 11.9 Å². The molecule has 1 amide bonds. The molecule has 0 radical (unpaired) electrons. The molecule has 0 aromatic rings. The fourth-order valence-corrected chi connectivity index (χ4v) is 1.06. The summed E-state index contributed by atoms with van der Waals surface area (Å²) in [6.45, 7) is 1.75. The molecule has 0 heterocycles. The molecule has 0 spiro atoms. The van der Waals surface area contributed by atoms with E-state index in [0.717, 1.165) is 0 Å². The lowest BCUT2D eigenvalue weighted by molar-refractivity contribution is -0.139. The summed E-state index contributed by atoms with van der Waals surface area (Å²) < 4.78 is 0. The molecule has 0 aliphatic heterocycles. The van der Waals surface area contributed by atoms with Crippen molar-refractivity contribution in [2.24, 2.45) is 0 Å². The standard InChI is InChI=1S/C9H18N2O4/c1-6(9(15)11(2)3)10-5-7(12)4-8(13)14/h6-7,10,12H,4-5H2,1-3H3,(H,13,14). The van der Waals surface area contributed by atoms with Crippen LogP contribution in [0.5, 0.6) is 0 Å². The Morgan fingerprint density at radius 3 is 2.33 bits per heavy atom. The van der Waals surface area contributed by atoms with Crippen molar-refractivity contribution in [3.05, 3.63) is 0 Å². The van der Waals surface area contributed by atoms with Crippen LogP contribution < -0.4 is 5.32 Å². The Bertz CT molecular complexity index is 230. The molecule has 0 rings (SSSR count). The normalized spacial score (nSPS) is 14.4. The van der Waals surface area contributed by atoms with Gasteiger partial charge in [-0.2, -0.15) is 0 Å². The van der Waals surface area contributed by atoms with Crippen molar-refractivity contribution < 1.29 is 19.8 Å². The van der Waals surface area contributed by atoms with Crippen LogP contribution in [0, 0.1) is 0 Å². The lowest BCUT2D eigenvalue weighted by atomic mass is 10.2. The van der Waals surface area contributed by atoms with Gasteiger partial charge < -0.3 is 20.4 Å². The highest BCUT2D eigenvalue weighted by Gasteiger charge is 2.16. The molecule has 15 heavy (non-hydrogen) atoms. The number of carboxylic acids is 1. The Balaban J connectivity index is 3.84. The van der Waals surface area contributed by atoms with Crippen LogP contribution in [0.25, 0.3) is 0 Å². The maximum atomic E-state index is 11.3. The van der Waals surface area contributed by atoms with E-state index in [1.165, 1.54) is 4.90 Å². The van der Waals surface area contributed by atoms with Gasteiger partial charge in [0, 0.05) is 20.6 Å². The van der Waals surface area contributed by atoms with E-state index in [0.29, 0.717) is 0 Å². The third-order valence-electron chi connectivity index (χ3n) is 1.88. The van der Waals surface area contributed by atoms with Crippen LogP contribution in [0.2, 0.25) is 0 Å². The van der Waals surface area contributed by atoms with Crippen molar-refractivity contribution in [2.45, 2.75) is 25.5 Å². The molecule has 0 aliphatic rings. The zero-order valence-electron chi connectivity index (χ0n) is 9.23. The number of carboxylic acid groups (broad SMARTS) is 1. The minimum absolute atomic E-state index is 0.0903. The third-order valence-corrected chi connectivity index (χ3v) is 1.88. The van der Waals surface area contributed by atoms with Crippen LogP contribution in [0.3, 0.4) is 0 Å². The Labute approximate surface area is 88.9 Å². The van der Waals surface area contributed by atoms with Crippen molar-refractivity contribution in [2.75, 3.05) is 20.6 Å². The molecule has 0 fully saturated rings. The number of aliphatic hydroxyl groups is 1. The summed E-state index contributed by atoms with van der Waals surface area (Å²) in [6, 6.07) is -0.427. The smallest absolute Gasteiger partial charge is 0.306 e. The Hall–Kier alpha value is -1.14. The average Bonchev–Trinajstić information content (AvgIpc) is 2.11. The molecule has 2 atom stereocenters. The molecule has 3 N–H and O–H groups in total. The van der Waals surface area contributed by atoms with Gasteiger partial charge >= 0.3 is 5.97 Å². The average molecular weight is 218 g/mol. The van der Waals surface area contributed by atoms with Gasteiger partial charge in [-0.25, -0.2) is 0 Å². The molecule has 0 saturated carbocycles. The van der Waals surface area contributed by atoms with Gasteiger partial charge in [0.1, 0.15) is 0 Å². The molecule has 88 valence electrons. The van der Waals surface area contributed by atoms with Gasteiger partial charge in [-0.3, -0.25) is 9.59 Å². The highest BCUT2D eigenvalue weighted by molar-refractivity contribution is 5.80. The monoisotopic (exact) mass is 218 g/mol. The fraction of sp³-hybridized carbons (Fsp3) is 0.778. The van der Waals surface area contributed by atoms with Crippen molar-refractivity contribution in [1.29, 1.82) is 0 Å². The molecule has 0 aromatic carbocycles. The highest BCUT2D eigenvalue weighted by Crippen LogP contribution is 1.93. The van der Waals surface area contributed by atoms with E-state index in [1.807, 2.05) is 0 Å². The number of amides is 1. The number of hydrogen-bond acceptors (Lipinski definition) is 4. The van der Waals surface area contributed by atoms with E-state index in [1.54, 1.807) is 21.0 Å². The van der Waals surface area contributed by atoms with E-state index in [-0.39, 0.29) is 18.9 Å². The Kier molecular flexibility index (Phi) is 5.88. The van der Waals surface area contributed by atoms with E-state index >= 15 is 0 Å². The minimum Gasteiger partial charge on any atom is -0.481 e. The quantitative estimate of drug-likeness (QED) is 0.526. The summed E-state index contributed by atoms with van der Waals surface area (Å²) in [4.78, 5) is 23.0. The van der Waals surface area contributed by atoms with Crippen LogP contribution in [-0.4, -0.2) is 59.8 Å². The molecular weight excluding hydrogens is 200 g/mol. The van der Waals surface area contributed by atoms with Gasteiger partial charge in [-0.15, -0.1) is 0 Å². The fourth-order valence-electron chi connectivity index (χ4n) is 1.06. The number of aliphatic carboxylic acids is 1. The highest BCUT2D eigenvalue weighted by atomic mass is 16.4. The second-order valence-electron chi connectivity index (χ2n) is 3.61. The first kappa shape index (κ1) is 13.9. The molecule has 6 nitrogen and oxygen atoms in total. The number of likely N-dealkylation sites (N-methyl/N-ethyl adjacent to an activating group) is 1. The van der Waals surface area contributed by atoms with E-state index < -0.39 is 18.1 Å². The predicted octanol–water partition coefficient (Wildman–Crippen LogP) is -1.11. The number of nitrogens with one attached hydrogen (secondary N) is 1.